The SMILES string of the molecule is CCCCN(CC(N)=O)S(=O)(=O)c1cc(C)c(C(=O)O)s1. The van der Waals surface area contributed by atoms with Gasteiger partial charge in [0.1, 0.15) is 9.09 Å². The van der Waals surface area contributed by atoms with Gasteiger partial charge in [0.05, 0.1) is 6.54 Å². The van der Waals surface area contributed by atoms with E-state index < -0.39 is 28.4 Å². The van der Waals surface area contributed by atoms with E-state index in [1.54, 1.807) is 0 Å². The summed E-state index contributed by atoms with van der Waals surface area (Å²) in [5.74, 6) is -1.92. The van der Waals surface area contributed by atoms with Gasteiger partial charge in [0.25, 0.3) is 10.0 Å². The van der Waals surface area contributed by atoms with Gasteiger partial charge < -0.3 is 10.8 Å². The van der Waals surface area contributed by atoms with Crippen molar-refractivity contribution in [3.8, 4) is 0 Å². The minimum Gasteiger partial charge on any atom is -0.477 e. The monoisotopic (exact) mass is 334 g/mol. The van der Waals surface area contributed by atoms with Gasteiger partial charge in [0.15, 0.2) is 0 Å². The van der Waals surface area contributed by atoms with Gasteiger partial charge in [-0.2, -0.15) is 4.31 Å². The number of hydrogen-bond acceptors (Lipinski definition) is 5. The number of unbranched alkanes of at least 4 members (excludes halogenated alkanes) is 1. The molecule has 0 bridgehead atoms. The van der Waals surface area contributed by atoms with Gasteiger partial charge in [-0.15, -0.1) is 11.3 Å². The summed E-state index contributed by atoms with van der Waals surface area (Å²) in [5.41, 5.74) is 5.46. The maximum Gasteiger partial charge on any atom is 0.346 e. The van der Waals surface area contributed by atoms with E-state index in [0.29, 0.717) is 23.3 Å². The van der Waals surface area contributed by atoms with Crippen LogP contribution in [0.1, 0.15) is 35.0 Å². The van der Waals surface area contributed by atoms with Crippen molar-refractivity contribution in [2.45, 2.75) is 30.9 Å². The van der Waals surface area contributed by atoms with Crippen LogP contribution in [0.4, 0.5) is 0 Å². The molecule has 3 N–H and O–H groups in total. The molecule has 0 fully saturated rings. The van der Waals surface area contributed by atoms with Crippen molar-refractivity contribution in [3.05, 3.63) is 16.5 Å². The second-order valence-corrected chi connectivity index (χ2v) is 7.76. The summed E-state index contributed by atoms with van der Waals surface area (Å²) in [6.45, 7) is 3.18. The van der Waals surface area contributed by atoms with Crippen molar-refractivity contribution < 1.29 is 23.1 Å². The summed E-state index contributed by atoms with van der Waals surface area (Å²) in [4.78, 5) is 22.0. The van der Waals surface area contributed by atoms with Gasteiger partial charge in [-0.05, 0) is 25.0 Å². The van der Waals surface area contributed by atoms with Crippen molar-refractivity contribution in [2.24, 2.45) is 5.73 Å². The lowest BCUT2D eigenvalue weighted by Gasteiger charge is -2.19. The Labute approximate surface area is 127 Å². The molecule has 1 aromatic heterocycles. The van der Waals surface area contributed by atoms with Crippen LogP contribution in [0.25, 0.3) is 0 Å². The van der Waals surface area contributed by atoms with Gasteiger partial charge in [-0.1, -0.05) is 13.3 Å². The van der Waals surface area contributed by atoms with E-state index in [-0.39, 0.29) is 15.6 Å². The zero-order valence-electron chi connectivity index (χ0n) is 11.8. The lowest BCUT2D eigenvalue weighted by atomic mass is 10.3. The number of amides is 1. The summed E-state index contributed by atoms with van der Waals surface area (Å²) in [5, 5.41) is 9.00. The molecule has 0 spiro atoms. The van der Waals surface area contributed by atoms with E-state index >= 15 is 0 Å². The second-order valence-electron chi connectivity index (χ2n) is 4.54. The molecule has 7 nitrogen and oxygen atoms in total. The van der Waals surface area contributed by atoms with Crippen molar-refractivity contribution in [2.75, 3.05) is 13.1 Å². The average molecular weight is 334 g/mol. The van der Waals surface area contributed by atoms with E-state index in [1.165, 1.54) is 13.0 Å². The van der Waals surface area contributed by atoms with Gasteiger partial charge >= 0.3 is 5.97 Å². The standard InChI is InChI=1S/C12H18N2O5S2/c1-3-4-5-14(7-9(13)15)21(18,19)10-6-8(2)11(20-10)12(16)17/h6H,3-5,7H2,1-2H3,(H2,13,15)(H,16,17). The number of primary amides is 1. The lowest BCUT2D eigenvalue weighted by molar-refractivity contribution is -0.118. The summed E-state index contributed by atoms with van der Waals surface area (Å²) < 4.78 is 25.9. The number of hydrogen-bond donors (Lipinski definition) is 2. The zero-order chi connectivity index (χ0) is 16.2. The number of sulfonamides is 1. The fourth-order valence-corrected chi connectivity index (χ4v) is 4.69. The first kappa shape index (κ1) is 17.6. The predicted molar refractivity (Wildman–Crippen MR) is 78.9 cm³/mol. The third kappa shape index (κ3) is 4.26. The van der Waals surface area contributed by atoms with Crippen LogP contribution < -0.4 is 5.73 Å². The molecule has 1 amide bonds. The van der Waals surface area contributed by atoms with Crippen LogP contribution in [0.15, 0.2) is 10.3 Å². The Kier molecular flexibility index (Phi) is 5.87. The minimum absolute atomic E-state index is 0.0249. The van der Waals surface area contributed by atoms with E-state index in [4.69, 9.17) is 10.8 Å². The molecule has 0 atom stereocenters. The molecule has 1 aromatic rings. The number of thiophene rings is 1. The number of nitrogens with two attached hydrogens (primary N) is 1. The fourth-order valence-electron chi connectivity index (χ4n) is 1.71. The van der Waals surface area contributed by atoms with Crippen LogP contribution >= 0.6 is 11.3 Å². The molecule has 9 heteroatoms. The quantitative estimate of drug-likeness (QED) is 0.736. The Morgan fingerprint density at radius 2 is 2.05 bits per heavy atom. The third-order valence-electron chi connectivity index (χ3n) is 2.78. The first-order valence-electron chi connectivity index (χ1n) is 6.32. The van der Waals surface area contributed by atoms with E-state index in [0.717, 1.165) is 10.7 Å². The molecule has 1 heterocycles. The number of aromatic carboxylic acids is 1. The third-order valence-corrected chi connectivity index (χ3v) is 6.30. The Morgan fingerprint density at radius 1 is 1.43 bits per heavy atom. The maximum atomic E-state index is 12.5. The van der Waals surface area contributed by atoms with Crippen LogP contribution in [0.3, 0.4) is 0 Å². The topological polar surface area (TPSA) is 118 Å². The molecule has 0 saturated carbocycles. The molecule has 21 heavy (non-hydrogen) atoms. The normalized spacial score (nSPS) is 11.8. The molecular formula is C12H18N2O5S2. The van der Waals surface area contributed by atoms with Crippen LogP contribution in [0, 0.1) is 6.92 Å². The molecule has 0 saturated heterocycles. The Bertz CT molecular complexity index is 636. The number of carbonyl (C=O) groups is 2. The van der Waals surface area contributed by atoms with Crippen LogP contribution in [0.2, 0.25) is 0 Å². The highest BCUT2D eigenvalue weighted by Gasteiger charge is 2.29. The van der Waals surface area contributed by atoms with Crippen molar-refractivity contribution >= 4 is 33.2 Å². The Hall–Kier alpha value is -1.45. The van der Waals surface area contributed by atoms with Crippen molar-refractivity contribution in [1.82, 2.24) is 4.31 Å². The summed E-state index contributed by atoms with van der Waals surface area (Å²) >= 11 is 0.682. The highest BCUT2D eigenvalue weighted by atomic mass is 32.2. The first-order valence-corrected chi connectivity index (χ1v) is 8.58. The number of carboxylic acid groups (broad SMARTS) is 1. The molecule has 0 aliphatic carbocycles. The molecule has 0 aliphatic rings. The predicted octanol–water partition coefficient (Wildman–Crippen LogP) is 1.03. The van der Waals surface area contributed by atoms with Crippen LogP contribution in [-0.4, -0.2) is 42.8 Å². The summed E-state index contributed by atoms with van der Waals surface area (Å²) in [6.07, 6.45) is 1.34. The van der Waals surface area contributed by atoms with Gasteiger partial charge in [-0.3, -0.25) is 4.79 Å². The maximum absolute atomic E-state index is 12.5. The minimum atomic E-state index is -3.92. The largest absolute Gasteiger partial charge is 0.477 e. The highest BCUT2D eigenvalue weighted by molar-refractivity contribution is 7.91. The Morgan fingerprint density at radius 3 is 2.48 bits per heavy atom. The molecule has 0 aliphatic heterocycles. The van der Waals surface area contributed by atoms with E-state index in [1.807, 2.05) is 6.92 Å². The number of aryl methyl sites for hydroxylation is 1. The number of carboxylic acids is 1. The molecule has 1 rings (SSSR count). The van der Waals surface area contributed by atoms with E-state index in [2.05, 4.69) is 0 Å². The van der Waals surface area contributed by atoms with Gasteiger partial charge in [0, 0.05) is 6.54 Å². The van der Waals surface area contributed by atoms with Crippen LogP contribution in [-0.2, 0) is 14.8 Å². The second kappa shape index (κ2) is 7.01. The molecule has 118 valence electrons. The molecule has 0 aromatic carbocycles. The van der Waals surface area contributed by atoms with E-state index in [9.17, 15) is 18.0 Å². The lowest BCUT2D eigenvalue weighted by Crippen LogP contribution is -2.38. The van der Waals surface area contributed by atoms with Gasteiger partial charge in [-0.25, -0.2) is 13.2 Å². The molecule has 0 radical (unpaired) electrons. The van der Waals surface area contributed by atoms with Crippen LogP contribution in [0.5, 0.6) is 0 Å². The van der Waals surface area contributed by atoms with Crippen molar-refractivity contribution in [1.29, 1.82) is 0 Å². The molecule has 0 unspecified atom stereocenters. The Balaban J connectivity index is 3.18. The highest BCUT2D eigenvalue weighted by Crippen LogP contribution is 2.28. The smallest absolute Gasteiger partial charge is 0.346 e. The van der Waals surface area contributed by atoms with Gasteiger partial charge in [0.2, 0.25) is 5.91 Å². The first-order chi connectivity index (χ1) is 9.70. The average Bonchev–Trinajstić information content (AvgIpc) is 2.76. The van der Waals surface area contributed by atoms with Crippen molar-refractivity contribution in [3.63, 3.8) is 0 Å². The number of rotatable bonds is 8. The zero-order valence-corrected chi connectivity index (χ0v) is 13.5. The fraction of sp³-hybridized carbons (Fsp3) is 0.500. The summed E-state index contributed by atoms with van der Waals surface area (Å²) in [6, 6.07) is 1.31. The molecular weight excluding hydrogens is 316 g/mol. The number of nitrogens with zero attached hydrogens (tertiary/aromatic N) is 1. The summed E-state index contributed by atoms with van der Waals surface area (Å²) in [7, 11) is -3.92. The number of carbonyl (C=O) groups excluding carboxylic acids is 1.